The highest BCUT2D eigenvalue weighted by Gasteiger charge is 2.15. The van der Waals surface area contributed by atoms with Crippen molar-refractivity contribution in [3.63, 3.8) is 0 Å². The lowest BCUT2D eigenvalue weighted by molar-refractivity contribution is 0.420. The molecule has 4 N–H and O–H groups in total. The minimum atomic E-state index is -0.175. The van der Waals surface area contributed by atoms with Crippen LogP contribution >= 0.6 is 0 Å². The SMILES string of the molecule is CCCCCCCCCCCCC(N)CC(N)CCC(CCCCCCCF)c1ccccc1. The summed E-state index contributed by atoms with van der Waals surface area (Å²) in [6, 6.07) is 11.4. The van der Waals surface area contributed by atoms with Crippen LogP contribution in [0.25, 0.3) is 0 Å². The van der Waals surface area contributed by atoms with Gasteiger partial charge in [-0.05, 0) is 50.0 Å². The molecule has 0 radical (unpaired) electrons. The average Bonchev–Trinajstić information content (AvgIpc) is 2.84. The van der Waals surface area contributed by atoms with Crippen molar-refractivity contribution in [2.45, 2.75) is 153 Å². The Labute approximate surface area is 211 Å². The lowest BCUT2D eigenvalue weighted by Crippen LogP contribution is -2.31. The fourth-order valence-corrected chi connectivity index (χ4v) is 5.15. The molecule has 0 aliphatic rings. The summed E-state index contributed by atoms with van der Waals surface area (Å²) >= 11 is 0. The van der Waals surface area contributed by atoms with Gasteiger partial charge >= 0.3 is 0 Å². The number of halogens is 1. The number of alkyl halides is 1. The van der Waals surface area contributed by atoms with Crippen LogP contribution in [0.1, 0.15) is 147 Å². The number of hydrogen-bond donors (Lipinski definition) is 2. The number of benzene rings is 1. The van der Waals surface area contributed by atoms with Crippen LogP contribution in [0.2, 0.25) is 0 Å². The first-order valence-electron chi connectivity index (χ1n) is 14.8. The molecule has 0 fully saturated rings. The molecule has 1 aromatic rings. The Balaban J connectivity index is 2.18. The van der Waals surface area contributed by atoms with E-state index in [-0.39, 0.29) is 18.8 Å². The van der Waals surface area contributed by atoms with Crippen molar-refractivity contribution >= 4 is 0 Å². The van der Waals surface area contributed by atoms with Crippen molar-refractivity contribution in [1.82, 2.24) is 0 Å². The second-order valence-electron chi connectivity index (χ2n) is 10.7. The van der Waals surface area contributed by atoms with Gasteiger partial charge in [-0.15, -0.1) is 0 Å². The van der Waals surface area contributed by atoms with E-state index in [0.29, 0.717) is 5.92 Å². The van der Waals surface area contributed by atoms with E-state index in [2.05, 4.69) is 37.3 Å². The Morgan fingerprint density at radius 2 is 1.09 bits per heavy atom. The van der Waals surface area contributed by atoms with Gasteiger partial charge in [-0.2, -0.15) is 0 Å². The molecule has 1 rings (SSSR count). The Morgan fingerprint density at radius 3 is 1.68 bits per heavy atom. The molecule has 0 aliphatic heterocycles. The summed E-state index contributed by atoms with van der Waals surface area (Å²) in [5.41, 5.74) is 14.4. The molecule has 198 valence electrons. The Bertz CT molecular complexity index is 535. The minimum absolute atomic E-state index is 0.175. The first kappa shape index (κ1) is 31.1. The standard InChI is InChI=1S/C31H57FN2/c1-2-3-4-5-6-7-8-9-12-18-23-30(33)27-31(34)25-24-29(28-20-16-14-17-21-28)22-15-11-10-13-19-26-32/h14,16-17,20-21,29-31H,2-13,15,18-19,22-27,33-34H2,1H3. The smallest absolute Gasteiger partial charge is 0.0894 e. The molecule has 0 aromatic heterocycles. The van der Waals surface area contributed by atoms with E-state index in [1.807, 2.05) is 0 Å². The van der Waals surface area contributed by atoms with Crippen LogP contribution in [0.5, 0.6) is 0 Å². The maximum atomic E-state index is 12.3. The highest BCUT2D eigenvalue weighted by atomic mass is 19.1. The van der Waals surface area contributed by atoms with Crippen molar-refractivity contribution < 1.29 is 4.39 Å². The van der Waals surface area contributed by atoms with E-state index < -0.39 is 0 Å². The van der Waals surface area contributed by atoms with Gasteiger partial charge in [0.1, 0.15) is 0 Å². The third kappa shape index (κ3) is 17.5. The summed E-state index contributed by atoms with van der Waals surface area (Å²) in [4.78, 5) is 0. The van der Waals surface area contributed by atoms with Crippen LogP contribution in [0.4, 0.5) is 4.39 Å². The van der Waals surface area contributed by atoms with E-state index in [0.717, 1.165) is 44.9 Å². The molecule has 0 heterocycles. The largest absolute Gasteiger partial charge is 0.328 e. The molecular weight excluding hydrogens is 419 g/mol. The molecule has 1 aromatic carbocycles. The summed E-state index contributed by atoms with van der Waals surface area (Å²) in [5.74, 6) is 0.576. The van der Waals surface area contributed by atoms with Gasteiger partial charge in [0.15, 0.2) is 0 Å². The fraction of sp³-hybridized carbons (Fsp3) is 0.806. The van der Waals surface area contributed by atoms with Crippen LogP contribution < -0.4 is 11.5 Å². The molecule has 0 amide bonds. The predicted molar refractivity (Wildman–Crippen MR) is 149 cm³/mol. The molecule has 0 bridgehead atoms. The highest BCUT2D eigenvalue weighted by Crippen LogP contribution is 2.28. The van der Waals surface area contributed by atoms with Crippen LogP contribution in [0.3, 0.4) is 0 Å². The van der Waals surface area contributed by atoms with Crippen molar-refractivity contribution in [2.24, 2.45) is 11.5 Å². The molecule has 3 heteroatoms. The van der Waals surface area contributed by atoms with Gasteiger partial charge in [0.25, 0.3) is 0 Å². The lowest BCUT2D eigenvalue weighted by Gasteiger charge is -2.22. The van der Waals surface area contributed by atoms with Gasteiger partial charge in [0.2, 0.25) is 0 Å². The molecule has 3 unspecified atom stereocenters. The Morgan fingerprint density at radius 1 is 0.588 bits per heavy atom. The number of hydrogen-bond acceptors (Lipinski definition) is 2. The minimum Gasteiger partial charge on any atom is -0.328 e. The first-order chi connectivity index (χ1) is 16.7. The van der Waals surface area contributed by atoms with E-state index in [9.17, 15) is 4.39 Å². The molecule has 2 nitrogen and oxygen atoms in total. The lowest BCUT2D eigenvalue weighted by atomic mass is 9.87. The molecule has 0 saturated heterocycles. The van der Waals surface area contributed by atoms with Gasteiger partial charge < -0.3 is 11.5 Å². The molecule has 0 spiro atoms. The van der Waals surface area contributed by atoms with E-state index in [4.69, 9.17) is 11.5 Å². The van der Waals surface area contributed by atoms with Gasteiger partial charge in [0, 0.05) is 12.1 Å². The molecule has 3 atom stereocenters. The summed E-state index contributed by atoms with van der Waals surface area (Å²) in [6.45, 7) is 2.10. The fourth-order valence-electron chi connectivity index (χ4n) is 5.15. The zero-order chi connectivity index (χ0) is 24.7. The number of rotatable bonds is 24. The van der Waals surface area contributed by atoms with Crippen LogP contribution in [-0.2, 0) is 0 Å². The zero-order valence-corrected chi connectivity index (χ0v) is 22.5. The summed E-state index contributed by atoms with van der Waals surface area (Å²) in [7, 11) is 0. The molecule has 0 aliphatic carbocycles. The van der Waals surface area contributed by atoms with Crippen molar-refractivity contribution in [2.75, 3.05) is 6.67 Å². The maximum Gasteiger partial charge on any atom is 0.0894 e. The molecular formula is C31H57FN2. The van der Waals surface area contributed by atoms with Crippen molar-refractivity contribution in [3.05, 3.63) is 35.9 Å². The van der Waals surface area contributed by atoms with Crippen LogP contribution in [0.15, 0.2) is 30.3 Å². The van der Waals surface area contributed by atoms with Crippen LogP contribution in [0, 0.1) is 0 Å². The third-order valence-corrected chi connectivity index (χ3v) is 7.38. The van der Waals surface area contributed by atoms with Gasteiger partial charge in [-0.25, -0.2) is 0 Å². The van der Waals surface area contributed by atoms with E-state index >= 15 is 0 Å². The quantitative estimate of drug-likeness (QED) is 0.146. The maximum absolute atomic E-state index is 12.3. The number of nitrogens with two attached hydrogens (primary N) is 2. The number of unbranched alkanes of at least 4 members (excludes halogenated alkanes) is 13. The second-order valence-corrected chi connectivity index (χ2v) is 10.7. The predicted octanol–water partition coefficient (Wildman–Crippen LogP) is 9.22. The van der Waals surface area contributed by atoms with Crippen molar-refractivity contribution in [1.29, 1.82) is 0 Å². The monoisotopic (exact) mass is 476 g/mol. The first-order valence-corrected chi connectivity index (χ1v) is 14.8. The Kier molecular flexibility index (Phi) is 20.6. The topological polar surface area (TPSA) is 52.0 Å². The summed E-state index contributed by atoms with van der Waals surface area (Å²) < 4.78 is 12.3. The normalized spacial score (nSPS) is 14.2. The molecule has 0 saturated carbocycles. The van der Waals surface area contributed by atoms with E-state index in [1.165, 1.54) is 89.0 Å². The second kappa shape index (κ2) is 22.5. The molecule has 34 heavy (non-hydrogen) atoms. The van der Waals surface area contributed by atoms with Crippen molar-refractivity contribution in [3.8, 4) is 0 Å². The zero-order valence-electron chi connectivity index (χ0n) is 22.5. The summed E-state index contributed by atoms with van der Waals surface area (Å²) in [5, 5.41) is 0. The summed E-state index contributed by atoms with van der Waals surface area (Å²) in [6.07, 6.45) is 24.5. The van der Waals surface area contributed by atoms with E-state index in [1.54, 1.807) is 0 Å². The van der Waals surface area contributed by atoms with Gasteiger partial charge in [0.05, 0.1) is 6.67 Å². The highest BCUT2D eigenvalue weighted by molar-refractivity contribution is 5.19. The Hall–Kier alpha value is -0.930. The average molecular weight is 477 g/mol. The van der Waals surface area contributed by atoms with Gasteiger partial charge in [-0.1, -0.05) is 127 Å². The van der Waals surface area contributed by atoms with Gasteiger partial charge in [-0.3, -0.25) is 4.39 Å². The van der Waals surface area contributed by atoms with Crippen LogP contribution in [-0.4, -0.2) is 18.8 Å². The third-order valence-electron chi connectivity index (χ3n) is 7.38.